The Morgan fingerprint density at radius 3 is 2.70 bits per heavy atom. The molecule has 8 heteroatoms. The van der Waals surface area contributed by atoms with Gasteiger partial charge in [-0.1, -0.05) is 24.3 Å². The molecule has 2 amide bonds. The number of hydrogen-bond donors (Lipinski definition) is 1. The van der Waals surface area contributed by atoms with Crippen LogP contribution in [0.5, 0.6) is 11.5 Å². The highest BCUT2D eigenvalue weighted by Crippen LogP contribution is 2.34. The van der Waals surface area contributed by atoms with Crippen LogP contribution < -0.4 is 9.47 Å². The van der Waals surface area contributed by atoms with Crippen molar-refractivity contribution in [3.8, 4) is 11.5 Å². The molecule has 7 nitrogen and oxygen atoms in total. The van der Waals surface area contributed by atoms with Gasteiger partial charge < -0.3 is 14.6 Å². The molecule has 1 aliphatic heterocycles. The summed E-state index contributed by atoms with van der Waals surface area (Å²) in [7, 11) is 1.50. The number of imide groups is 1. The van der Waals surface area contributed by atoms with E-state index < -0.39 is 5.97 Å². The van der Waals surface area contributed by atoms with E-state index in [1.165, 1.54) is 19.3 Å². The number of hydrogen-bond acceptors (Lipinski definition) is 6. The highest BCUT2D eigenvalue weighted by Gasteiger charge is 2.34. The molecule has 0 unspecified atom stereocenters. The van der Waals surface area contributed by atoms with Crippen LogP contribution >= 0.6 is 11.8 Å². The minimum atomic E-state index is -1.00. The number of carboxylic acid groups (broad SMARTS) is 1. The fraction of sp³-hybridized carbons (Fsp3) is 0.136. The molecule has 0 radical (unpaired) electrons. The number of carboxylic acids is 1. The summed E-state index contributed by atoms with van der Waals surface area (Å²) in [5.41, 5.74) is 1.57. The molecule has 0 spiro atoms. The minimum Gasteiger partial charge on any atom is -0.493 e. The van der Waals surface area contributed by atoms with Crippen LogP contribution in [0.25, 0.3) is 6.08 Å². The molecule has 2 aromatic rings. The molecule has 1 N–H and O–H groups in total. The second kappa shape index (κ2) is 9.32. The lowest BCUT2D eigenvalue weighted by molar-refractivity contribution is -0.122. The van der Waals surface area contributed by atoms with Crippen molar-refractivity contribution in [1.82, 2.24) is 4.90 Å². The predicted octanol–water partition coefficient (Wildman–Crippen LogP) is 4.19. The Hall–Kier alpha value is -3.52. The van der Waals surface area contributed by atoms with E-state index in [1.54, 1.807) is 42.5 Å². The predicted molar refractivity (Wildman–Crippen MR) is 114 cm³/mol. The first-order valence-electron chi connectivity index (χ1n) is 8.92. The van der Waals surface area contributed by atoms with Crippen LogP contribution in [0.4, 0.5) is 4.79 Å². The Morgan fingerprint density at radius 1 is 1.20 bits per heavy atom. The summed E-state index contributed by atoms with van der Waals surface area (Å²) in [5.74, 6) is -0.447. The standard InChI is InChI=1S/C22H19NO6S/c1-3-9-23-20(24)19(30-22(23)27)12-14-7-8-17(18(11-14)28-2)29-13-15-5-4-6-16(10-15)21(25)26/h3-8,10-12H,1,9,13H2,2H3,(H,25,26)/b19-12+. The van der Waals surface area contributed by atoms with E-state index in [2.05, 4.69) is 6.58 Å². The van der Waals surface area contributed by atoms with E-state index in [9.17, 15) is 14.4 Å². The molecule has 0 atom stereocenters. The fourth-order valence-electron chi connectivity index (χ4n) is 2.79. The van der Waals surface area contributed by atoms with Crippen molar-refractivity contribution in [2.24, 2.45) is 0 Å². The normalized spacial score (nSPS) is 14.8. The molecule has 1 saturated heterocycles. The molecule has 0 bridgehead atoms. The second-order valence-electron chi connectivity index (χ2n) is 6.29. The van der Waals surface area contributed by atoms with Gasteiger partial charge in [-0.15, -0.1) is 6.58 Å². The van der Waals surface area contributed by atoms with Gasteiger partial charge in [0.1, 0.15) is 6.61 Å². The van der Waals surface area contributed by atoms with Gasteiger partial charge >= 0.3 is 5.97 Å². The topological polar surface area (TPSA) is 93.1 Å². The van der Waals surface area contributed by atoms with Crippen molar-refractivity contribution in [3.05, 3.63) is 76.7 Å². The molecular formula is C22H19NO6S. The summed E-state index contributed by atoms with van der Waals surface area (Å²) < 4.78 is 11.2. The summed E-state index contributed by atoms with van der Waals surface area (Å²) in [6, 6.07) is 11.6. The number of carbonyl (C=O) groups excluding carboxylic acids is 2. The van der Waals surface area contributed by atoms with Gasteiger partial charge in [0.15, 0.2) is 11.5 Å². The molecule has 0 saturated carbocycles. The second-order valence-corrected chi connectivity index (χ2v) is 7.28. The summed E-state index contributed by atoms with van der Waals surface area (Å²) in [6.45, 7) is 3.88. The molecule has 154 valence electrons. The molecule has 1 aliphatic rings. The first-order chi connectivity index (χ1) is 14.4. The van der Waals surface area contributed by atoms with Gasteiger partial charge in [-0.2, -0.15) is 0 Å². The van der Waals surface area contributed by atoms with Crippen LogP contribution in [-0.4, -0.2) is 40.8 Å². The third kappa shape index (κ3) is 4.72. The zero-order valence-electron chi connectivity index (χ0n) is 16.2. The summed E-state index contributed by atoms with van der Waals surface area (Å²) >= 11 is 0.876. The first-order valence-corrected chi connectivity index (χ1v) is 9.74. The van der Waals surface area contributed by atoms with E-state index in [0.29, 0.717) is 27.5 Å². The Kier molecular flexibility index (Phi) is 6.58. The Balaban J connectivity index is 1.76. The lowest BCUT2D eigenvalue weighted by atomic mass is 10.1. The largest absolute Gasteiger partial charge is 0.493 e. The average molecular weight is 425 g/mol. The van der Waals surface area contributed by atoms with Gasteiger partial charge in [0.2, 0.25) is 0 Å². The van der Waals surface area contributed by atoms with Gasteiger partial charge in [0, 0.05) is 6.54 Å². The van der Waals surface area contributed by atoms with Crippen LogP contribution in [0, 0.1) is 0 Å². The highest BCUT2D eigenvalue weighted by atomic mass is 32.2. The average Bonchev–Trinajstić information content (AvgIpc) is 3.00. The molecule has 1 fully saturated rings. The Morgan fingerprint density at radius 2 is 2.00 bits per heavy atom. The van der Waals surface area contributed by atoms with Crippen molar-refractivity contribution in [2.45, 2.75) is 6.61 Å². The van der Waals surface area contributed by atoms with Crippen molar-refractivity contribution < 1.29 is 29.0 Å². The van der Waals surface area contributed by atoms with Crippen LogP contribution in [-0.2, 0) is 11.4 Å². The molecule has 2 aromatic carbocycles. The molecular weight excluding hydrogens is 406 g/mol. The van der Waals surface area contributed by atoms with E-state index in [0.717, 1.165) is 16.7 Å². The number of benzene rings is 2. The van der Waals surface area contributed by atoms with Gasteiger partial charge in [-0.25, -0.2) is 4.79 Å². The van der Waals surface area contributed by atoms with Gasteiger partial charge in [-0.05, 0) is 53.2 Å². The number of nitrogens with zero attached hydrogens (tertiary/aromatic N) is 1. The number of methoxy groups -OCH3 is 1. The highest BCUT2D eigenvalue weighted by molar-refractivity contribution is 8.18. The van der Waals surface area contributed by atoms with Gasteiger partial charge in [0.05, 0.1) is 17.6 Å². The summed E-state index contributed by atoms with van der Waals surface area (Å²) in [5, 5.41) is 8.75. The third-order valence-corrected chi connectivity index (χ3v) is 5.15. The first kappa shape index (κ1) is 21.2. The summed E-state index contributed by atoms with van der Waals surface area (Å²) in [4.78, 5) is 36.8. The number of amides is 2. The van der Waals surface area contributed by atoms with E-state index in [-0.39, 0.29) is 29.9 Å². The van der Waals surface area contributed by atoms with E-state index >= 15 is 0 Å². The monoisotopic (exact) mass is 425 g/mol. The maximum absolute atomic E-state index is 12.3. The Labute approximate surface area is 177 Å². The molecule has 0 aromatic heterocycles. The summed E-state index contributed by atoms with van der Waals surface area (Å²) in [6.07, 6.45) is 3.12. The van der Waals surface area contributed by atoms with Crippen molar-refractivity contribution in [1.29, 1.82) is 0 Å². The minimum absolute atomic E-state index is 0.164. The maximum atomic E-state index is 12.3. The number of aromatic carboxylic acids is 1. The van der Waals surface area contributed by atoms with Gasteiger partial charge in [-0.3, -0.25) is 14.5 Å². The van der Waals surface area contributed by atoms with Crippen molar-refractivity contribution in [3.63, 3.8) is 0 Å². The lowest BCUT2D eigenvalue weighted by Gasteiger charge is -2.12. The third-order valence-electron chi connectivity index (χ3n) is 4.24. The molecule has 3 rings (SSSR count). The maximum Gasteiger partial charge on any atom is 0.335 e. The lowest BCUT2D eigenvalue weighted by Crippen LogP contribution is -2.27. The number of ether oxygens (including phenoxy) is 2. The number of rotatable bonds is 8. The van der Waals surface area contributed by atoms with Crippen molar-refractivity contribution >= 4 is 35.0 Å². The number of carbonyl (C=O) groups is 3. The molecule has 30 heavy (non-hydrogen) atoms. The van der Waals surface area contributed by atoms with Crippen LogP contribution in [0.15, 0.2) is 60.0 Å². The Bertz CT molecular complexity index is 1050. The molecule has 1 heterocycles. The zero-order chi connectivity index (χ0) is 21.7. The smallest absolute Gasteiger partial charge is 0.335 e. The van der Waals surface area contributed by atoms with E-state index in [1.807, 2.05) is 0 Å². The van der Waals surface area contributed by atoms with E-state index in [4.69, 9.17) is 14.6 Å². The van der Waals surface area contributed by atoms with Crippen LogP contribution in [0.3, 0.4) is 0 Å². The van der Waals surface area contributed by atoms with Gasteiger partial charge in [0.25, 0.3) is 11.1 Å². The number of thioether (sulfide) groups is 1. The fourth-order valence-corrected chi connectivity index (χ4v) is 3.63. The quantitative estimate of drug-likeness (QED) is 0.501. The van der Waals surface area contributed by atoms with Crippen LogP contribution in [0.1, 0.15) is 21.5 Å². The van der Waals surface area contributed by atoms with Crippen LogP contribution in [0.2, 0.25) is 0 Å². The molecule has 0 aliphatic carbocycles. The zero-order valence-corrected chi connectivity index (χ0v) is 17.0. The SMILES string of the molecule is C=CCN1C(=O)S/C(=C/c2ccc(OCc3cccc(C(=O)O)c3)c(OC)c2)C1=O. The van der Waals surface area contributed by atoms with Crippen molar-refractivity contribution in [2.75, 3.05) is 13.7 Å².